The molecule has 6 heteroatoms. The number of primary amides is 1. The van der Waals surface area contributed by atoms with Gasteiger partial charge in [0.05, 0.1) is 9.13 Å². The molecule has 0 unspecified atom stereocenters. The third-order valence-electron chi connectivity index (χ3n) is 1.18. The van der Waals surface area contributed by atoms with Crippen molar-refractivity contribution < 1.29 is 9.18 Å². The highest BCUT2D eigenvalue weighted by Gasteiger charge is 2.14. The summed E-state index contributed by atoms with van der Waals surface area (Å²) in [5.41, 5.74) is 4.98. The van der Waals surface area contributed by atoms with Gasteiger partial charge in [-0.1, -0.05) is 11.6 Å². The summed E-state index contributed by atoms with van der Waals surface area (Å²) in [6, 6.07) is 0. The van der Waals surface area contributed by atoms with Crippen molar-refractivity contribution in [2.45, 2.75) is 0 Å². The zero-order chi connectivity index (χ0) is 9.30. The fourth-order valence-corrected chi connectivity index (χ4v) is 1.58. The monoisotopic (exact) mass is 300 g/mol. The molecule has 0 bridgehead atoms. The lowest BCUT2D eigenvalue weighted by Gasteiger charge is -2.00. The van der Waals surface area contributed by atoms with Crippen LogP contribution in [0.1, 0.15) is 10.4 Å². The standard InChI is InChI=1S/C6H3ClFIN2O/c7-5-3(8)4(9)2(1-11-5)6(10)12/h1H,(H2,10,12). The van der Waals surface area contributed by atoms with Gasteiger partial charge in [0.15, 0.2) is 11.0 Å². The topological polar surface area (TPSA) is 56.0 Å². The van der Waals surface area contributed by atoms with Gasteiger partial charge in [-0.2, -0.15) is 0 Å². The molecule has 0 aliphatic rings. The first-order chi connectivity index (χ1) is 5.54. The Labute approximate surface area is 86.2 Å². The number of amides is 1. The van der Waals surface area contributed by atoms with Gasteiger partial charge in [0.2, 0.25) is 0 Å². The molecule has 64 valence electrons. The molecule has 1 aromatic rings. The molecule has 0 aromatic carbocycles. The molecule has 0 atom stereocenters. The van der Waals surface area contributed by atoms with Crippen molar-refractivity contribution in [1.82, 2.24) is 4.98 Å². The SMILES string of the molecule is NC(=O)c1cnc(Cl)c(F)c1I. The Bertz CT molecular complexity index is 345. The lowest BCUT2D eigenvalue weighted by molar-refractivity contribution is 0.0998. The van der Waals surface area contributed by atoms with E-state index in [0.29, 0.717) is 0 Å². The Hall–Kier alpha value is -0.430. The van der Waals surface area contributed by atoms with Gasteiger partial charge in [-0.25, -0.2) is 9.37 Å². The summed E-state index contributed by atoms with van der Waals surface area (Å²) in [5, 5.41) is -0.260. The van der Waals surface area contributed by atoms with E-state index in [1.54, 1.807) is 22.6 Å². The van der Waals surface area contributed by atoms with Gasteiger partial charge < -0.3 is 5.73 Å². The van der Waals surface area contributed by atoms with E-state index >= 15 is 0 Å². The maximum Gasteiger partial charge on any atom is 0.251 e. The van der Waals surface area contributed by atoms with Crippen LogP contribution >= 0.6 is 34.2 Å². The van der Waals surface area contributed by atoms with Crippen molar-refractivity contribution in [3.63, 3.8) is 0 Å². The lowest BCUT2D eigenvalue weighted by atomic mass is 10.3. The van der Waals surface area contributed by atoms with E-state index in [2.05, 4.69) is 4.98 Å². The Morgan fingerprint density at radius 2 is 2.33 bits per heavy atom. The zero-order valence-corrected chi connectivity index (χ0v) is 8.56. The first kappa shape index (κ1) is 9.66. The van der Waals surface area contributed by atoms with Gasteiger partial charge >= 0.3 is 0 Å². The van der Waals surface area contributed by atoms with Crippen molar-refractivity contribution in [2.24, 2.45) is 5.73 Å². The van der Waals surface area contributed by atoms with E-state index in [0.717, 1.165) is 6.20 Å². The molecule has 0 saturated carbocycles. The molecule has 1 aromatic heterocycles. The molecule has 1 amide bonds. The molecule has 0 aliphatic carbocycles. The molecule has 2 N–H and O–H groups in total. The zero-order valence-electron chi connectivity index (χ0n) is 5.64. The van der Waals surface area contributed by atoms with Crippen LogP contribution in [0.25, 0.3) is 0 Å². The van der Waals surface area contributed by atoms with Crippen molar-refractivity contribution >= 4 is 40.1 Å². The van der Waals surface area contributed by atoms with Gasteiger partial charge in [-0.15, -0.1) is 0 Å². The Morgan fingerprint density at radius 1 is 1.75 bits per heavy atom. The van der Waals surface area contributed by atoms with Crippen LogP contribution in [-0.4, -0.2) is 10.9 Å². The minimum atomic E-state index is -0.720. The molecule has 0 fully saturated rings. The number of halogens is 3. The van der Waals surface area contributed by atoms with Gasteiger partial charge in [-0.05, 0) is 22.6 Å². The minimum absolute atomic E-state index is 0.0394. The Balaban J connectivity index is 3.36. The van der Waals surface area contributed by atoms with Crippen molar-refractivity contribution in [3.8, 4) is 0 Å². The number of rotatable bonds is 1. The average Bonchev–Trinajstić information content (AvgIpc) is 2.00. The van der Waals surface area contributed by atoms with Gasteiger partial charge in [0.25, 0.3) is 5.91 Å². The van der Waals surface area contributed by atoms with Crippen LogP contribution in [0.4, 0.5) is 4.39 Å². The predicted molar refractivity (Wildman–Crippen MR) is 50.4 cm³/mol. The number of aromatic nitrogens is 1. The fraction of sp³-hybridized carbons (Fsp3) is 0. The van der Waals surface area contributed by atoms with Gasteiger partial charge in [0, 0.05) is 6.20 Å². The van der Waals surface area contributed by atoms with Crippen LogP contribution in [-0.2, 0) is 0 Å². The summed E-state index contributed by atoms with van der Waals surface area (Å²) < 4.78 is 13.0. The van der Waals surface area contributed by atoms with Crippen molar-refractivity contribution in [1.29, 1.82) is 0 Å². The second kappa shape index (κ2) is 3.53. The van der Waals surface area contributed by atoms with Crippen LogP contribution in [0, 0.1) is 9.39 Å². The van der Waals surface area contributed by atoms with Gasteiger partial charge in [0.1, 0.15) is 0 Å². The molecule has 1 rings (SSSR count). The molecular formula is C6H3ClFIN2O. The number of hydrogen-bond acceptors (Lipinski definition) is 2. The summed E-state index contributed by atoms with van der Waals surface area (Å²) in [5.74, 6) is -1.43. The molecule has 0 aliphatic heterocycles. The van der Waals surface area contributed by atoms with Crippen LogP contribution in [0.5, 0.6) is 0 Å². The highest BCUT2D eigenvalue weighted by atomic mass is 127. The number of carbonyl (C=O) groups excluding carboxylic acids is 1. The highest BCUT2D eigenvalue weighted by Crippen LogP contribution is 2.20. The van der Waals surface area contributed by atoms with Crippen LogP contribution in [0.15, 0.2) is 6.20 Å². The maximum atomic E-state index is 12.9. The summed E-state index contributed by atoms with van der Waals surface area (Å²) in [7, 11) is 0. The number of nitrogens with two attached hydrogens (primary N) is 1. The summed E-state index contributed by atoms with van der Waals surface area (Å²) >= 11 is 6.99. The summed E-state index contributed by atoms with van der Waals surface area (Å²) in [6.45, 7) is 0. The fourth-order valence-electron chi connectivity index (χ4n) is 0.615. The quantitative estimate of drug-likeness (QED) is 0.632. The number of pyridine rings is 1. The lowest BCUT2D eigenvalue weighted by Crippen LogP contribution is -2.14. The smallest absolute Gasteiger partial charge is 0.251 e. The average molecular weight is 300 g/mol. The third-order valence-corrected chi connectivity index (χ3v) is 2.50. The third kappa shape index (κ3) is 1.66. The highest BCUT2D eigenvalue weighted by molar-refractivity contribution is 14.1. The second-order valence-corrected chi connectivity index (χ2v) is 3.39. The van der Waals surface area contributed by atoms with Crippen LogP contribution < -0.4 is 5.73 Å². The first-order valence-corrected chi connectivity index (χ1v) is 4.29. The van der Waals surface area contributed by atoms with Crippen molar-refractivity contribution in [3.05, 3.63) is 26.3 Å². The second-order valence-electron chi connectivity index (χ2n) is 1.95. The molecule has 0 radical (unpaired) electrons. The minimum Gasteiger partial charge on any atom is -0.366 e. The summed E-state index contributed by atoms with van der Waals surface area (Å²) in [4.78, 5) is 14.1. The molecule has 0 spiro atoms. The van der Waals surface area contributed by atoms with Gasteiger partial charge in [-0.3, -0.25) is 4.79 Å². The maximum absolute atomic E-state index is 12.9. The number of nitrogens with zero attached hydrogens (tertiary/aromatic N) is 1. The Kier molecular flexibility index (Phi) is 2.84. The first-order valence-electron chi connectivity index (χ1n) is 2.83. The van der Waals surface area contributed by atoms with Crippen LogP contribution in [0.2, 0.25) is 5.15 Å². The van der Waals surface area contributed by atoms with E-state index in [1.807, 2.05) is 0 Å². The molecule has 3 nitrogen and oxygen atoms in total. The van der Waals surface area contributed by atoms with Crippen molar-refractivity contribution in [2.75, 3.05) is 0 Å². The predicted octanol–water partition coefficient (Wildman–Crippen LogP) is 1.58. The van der Waals surface area contributed by atoms with E-state index in [4.69, 9.17) is 17.3 Å². The Morgan fingerprint density at radius 3 is 2.83 bits per heavy atom. The molecule has 0 saturated heterocycles. The van der Waals surface area contributed by atoms with E-state index in [1.165, 1.54) is 0 Å². The van der Waals surface area contributed by atoms with Crippen LogP contribution in [0.3, 0.4) is 0 Å². The molecule has 1 heterocycles. The van der Waals surface area contributed by atoms with E-state index < -0.39 is 11.7 Å². The van der Waals surface area contributed by atoms with E-state index in [-0.39, 0.29) is 14.3 Å². The molecule has 12 heavy (non-hydrogen) atoms. The number of hydrogen-bond donors (Lipinski definition) is 1. The largest absolute Gasteiger partial charge is 0.366 e. The molecular weight excluding hydrogens is 297 g/mol. The normalized spacial score (nSPS) is 9.92. The number of carbonyl (C=O) groups is 1. The van der Waals surface area contributed by atoms with E-state index in [9.17, 15) is 9.18 Å². The summed E-state index contributed by atoms with van der Waals surface area (Å²) in [6.07, 6.45) is 1.15.